The molecule has 0 bridgehead atoms. The number of dihydropyridines is 1. The van der Waals surface area contributed by atoms with Crippen LogP contribution in [0.4, 0.5) is 5.69 Å². The lowest BCUT2D eigenvalue weighted by Gasteiger charge is -2.29. The van der Waals surface area contributed by atoms with Crippen LogP contribution < -0.4 is 5.32 Å². The molecular formula is C32H38N2O5. The number of carbonyl (C=O) groups is 2. The maximum Gasteiger partial charge on any atom is 0.336 e. The third-order valence-electron chi connectivity index (χ3n) is 7.64. The highest BCUT2D eigenvalue weighted by Gasteiger charge is 2.43. The van der Waals surface area contributed by atoms with E-state index >= 15 is 0 Å². The van der Waals surface area contributed by atoms with E-state index in [1.807, 2.05) is 25.1 Å². The van der Waals surface area contributed by atoms with Crippen LogP contribution in [0.3, 0.4) is 0 Å². The average Bonchev–Trinajstić information content (AvgIpc) is 3.22. The number of allylic oxidation sites excluding steroid dienone is 2. The Kier molecular flexibility index (Phi) is 9.69. The second-order valence-electron chi connectivity index (χ2n) is 10.4. The van der Waals surface area contributed by atoms with E-state index in [1.54, 1.807) is 18.2 Å². The number of ketones is 1. The summed E-state index contributed by atoms with van der Waals surface area (Å²) in [7, 11) is 0. The molecule has 1 aliphatic heterocycles. The van der Waals surface area contributed by atoms with Gasteiger partial charge in [-0.15, -0.1) is 0 Å². The molecule has 0 aromatic heterocycles. The van der Waals surface area contributed by atoms with Gasteiger partial charge in [0.1, 0.15) is 0 Å². The SMILES string of the molecule is CCCCCCCCCCCCOC(=O)C1=C(C)NC2=C(C(=O)c3ccccc32)[C@@H]1c1ccc([N+](=O)[O-])cc1. The molecule has 7 nitrogen and oxygen atoms in total. The van der Waals surface area contributed by atoms with Crippen LogP contribution in [0.5, 0.6) is 0 Å². The third kappa shape index (κ3) is 6.47. The van der Waals surface area contributed by atoms with Gasteiger partial charge in [-0.1, -0.05) is 101 Å². The largest absolute Gasteiger partial charge is 0.462 e. The number of Topliss-reactive ketones (excluding diaryl/α,β-unsaturated/α-hetero) is 1. The number of carbonyl (C=O) groups excluding carboxylic acids is 2. The first-order valence-corrected chi connectivity index (χ1v) is 14.2. The maximum absolute atomic E-state index is 13.5. The molecule has 0 unspecified atom stereocenters. The van der Waals surface area contributed by atoms with E-state index < -0.39 is 16.8 Å². The fourth-order valence-electron chi connectivity index (χ4n) is 5.55. The molecule has 2 aliphatic rings. The van der Waals surface area contributed by atoms with Crippen LogP contribution in [0.1, 0.15) is 105 Å². The highest BCUT2D eigenvalue weighted by molar-refractivity contribution is 6.23. The van der Waals surface area contributed by atoms with Gasteiger partial charge in [0.15, 0.2) is 5.78 Å². The first-order chi connectivity index (χ1) is 18.9. The lowest BCUT2D eigenvalue weighted by Crippen LogP contribution is -2.29. The van der Waals surface area contributed by atoms with Crippen molar-refractivity contribution in [3.63, 3.8) is 0 Å². The Morgan fingerprint density at radius 3 is 2.10 bits per heavy atom. The number of nitrogens with one attached hydrogen (secondary N) is 1. The van der Waals surface area contributed by atoms with E-state index in [9.17, 15) is 19.7 Å². The zero-order chi connectivity index (χ0) is 27.8. The minimum absolute atomic E-state index is 0.0475. The summed E-state index contributed by atoms with van der Waals surface area (Å²) in [5.41, 5.74) is 4.11. The van der Waals surface area contributed by atoms with Gasteiger partial charge in [-0.2, -0.15) is 0 Å². The third-order valence-corrected chi connectivity index (χ3v) is 7.64. The van der Waals surface area contributed by atoms with Gasteiger partial charge in [0, 0.05) is 40.4 Å². The number of unbranched alkanes of at least 4 members (excludes halogenated alkanes) is 9. The number of nitro groups is 1. The van der Waals surface area contributed by atoms with Crippen molar-refractivity contribution in [1.82, 2.24) is 5.32 Å². The molecule has 7 heteroatoms. The van der Waals surface area contributed by atoms with E-state index in [4.69, 9.17) is 4.74 Å². The summed E-state index contributed by atoms with van der Waals surface area (Å²) in [5.74, 6) is -1.29. The number of rotatable bonds is 14. The molecule has 0 fully saturated rings. The van der Waals surface area contributed by atoms with Gasteiger partial charge in [-0.25, -0.2) is 4.79 Å². The Labute approximate surface area is 230 Å². The zero-order valence-corrected chi connectivity index (χ0v) is 23.0. The van der Waals surface area contributed by atoms with Crippen molar-refractivity contribution in [1.29, 1.82) is 0 Å². The fourth-order valence-corrected chi connectivity index (χ4v) is 5.55. The molecule has 0 saturated heterocycles. The molecular weight excluding hydrogens is 492 g/mol. The number of esters is 1. The lowest BCUT2D eigenvalue weighted by molar-refractivity contribution is -0.384. The second-order valence-corrected chi connectivity index (χ2v) is 10.4. The normalized spacial score (nSPS) is 16.2. The van der Waals surface area contributed by atoms with E-state index in [0.717, 1.165) is 24.8 Å². The number of nitro benzene ring substituents is 1. The summed E-state index contributed by atoms with van der Waals surface area (Å²) < 4.78 is 5.72. The van der Waals surface area contributed by atoms with E-state index in [-0.39, 0.29) is 11.5 Å². The van der Waals surface area contributed by atoms with Gasteiger partial charge in [0.05, 0.1) is 22.8 Å². The van der Waals surface area contributed by atoms with E-state index in [0.29, 0.717) is 40.3 Å². The monoisotopic (exact) mass is 530 g/mol. The standard InChI is InChI=1S/C32H38N2O5/c1-3-4-5-6-7-8-9-10-11-14-21-39-32(36)27-22(2)33-30-25-15-12-13-16-26(25)31(35)29(30)28(27)23-17-19-24(20-18-23)34(37)38/h12-13,15-20,28,33H,3-11,14,21H2,1-2H3/t28-/m1/s1. The van der Waals surface area contributed by atoms with Crippen LogP contribution in [0, 0.1) is 10.1 Å². The molecule has 0 saturated carbocycles. The Balaban J connectivity index is 1.44. The number of ether oxygens (including phenoxy) is 1. The van der Waals surface area contributed by atoms with Crippen molar-refractivity contribution in [2.45, 2.75) is 84.0 Å². The molecule has 0 spiro atoms. The quantitative estimate of drug-likeness (QED) is 0.117. The lowest BCUT2D eigenvalue weighted by atomic mass is 9.80. The van der Waals surface area contributed by atoms with Crippen molar-refractivity contribution < 1.29 is 19.2 Å². The first-order valence-electron chi connectivity index (χ1n) is 14.2. The van der Waals surface area contributed by atoms with Gasteiger partial charge in [-0.05, 0) is 18.9 Å². The van der Waals surface area contributed by atoms with Gasteiger partial charge in [0.25, 0.3) is 5.69 Å². The summed E-state index contributed by atoms with van der Waals surface area (Å²) in [6.45, 7) is 4.36. The minimum atomic E-state index is -0.679. The van der Waals surface area contributed by atoms with Crippen molar-refractivity contribution >= 4 is 23.1 Å². The number of hydrogen-bond acceptors (Lipinski definition) is 6. The van der Waals surface area contributed by atoms with Crippen LogP contribution in [-0.4, -0.2) is 23.3 Å². The summed E-state index contributed by atoms with van der Waals surface area (Å²) in [6.07, 6.45) is 11.9. The van der Waals surface area contributed by atoms with Crippen molar-refractivity contribution in [3.8, 4) is 0 Å². The molecule has 1 N–H and O–H groups in total. The summed E-state index contributed by atoms with van der Waals surface area (Å²) >= 11 is 0. The highest BCUT2D eigenvalue weighted by Crippen LogP contribution is 2.46. The average molecular weight is 531 g/mol. The number of non-ortho nitro benzene ring substituents is 1. The molecule has 1 atom stereocenters. The highest BCUT2D eigenvalue weighted by atomic mass is 16.6. The predicted molar refractivity (Wildman–Crippen MR) is 152 cm³/mol. The van der Waals surface area contributed by atoms with Gasteiger partial charge < -0.3 is 10.1 Å². The minimum Gasteiger partial charge on any atom is -0.462 e. The van der Waals surface area contributed by atoms with E-state index in [2.05, 4.69) is 12.2 Å². The topological polar surface area (TPSA) is 98.5 Å². The molecule has 1 heterocycles. The number of hydrogen-bond donors (Lipinski definition) is 1. The van der Waals surface area contributed by atoms with Crippen LogP contribution in [0.25, 0.3) is 5.70 Å². The van der Waals surface area contributed by atoms with Crippen LogP contribution in [0.2, 0.25) is 0 Å². The molecule has 2 aromatic carbocycles. The Hall–Kier alpha value is -3.74. The molecule has 206 valence electrons. The maximum atomic E-state index is 13.5. The first kappa shape index (κ1) is 28.3. The molecule has 0 amide bonds. The molecule has 1 aliphatic carbocycles. The number of benzene rings is 2. The zero-order valence-electron chi connectivity index (χ0n) is 23.0. The van der Waals surface area contributed by atoms with Crippen LogP contribution in [0.15, 0.2) is 65.4 Å². The molecule has 39 heavy (non-hydrogen) atoms. The van der Waals surface area contributed by atoms with Crippen molar-refractivity contribution in [3.05, 3.63) is 92.2 Å². The van der Waals surface area contributed by atoms with Gasteiger partial charge in [0.2, 0.25) is 0 Å². The van der Waals surface area contributed by atoms with Crippen molar-refractivity contribution in [2.75, 3.05) is 6.61 Å². The predicted octanol–water partition coefficient (Wildman–Crippen LogP) is 7.63. The van der Waals surface area contributed by atoms with Gasteiger partial charge >= 0.3 is 5.97 Å². The number of fused-ring (bicyclic) bond motifs is 2. The summed E-state index contributed by atoms with van der Waals surface area (Å²) in [6, 6.07) is 13.4. The molecule has 0 radical (unpaired) electrons. The molecule has 2 aromatic rings. The Morgan fingerprint density at radius 1 is 0.897 bits per heavy atom. The van der Waals surface area contributed by atoms with E-state index in [1.165, 1.54) is 57.1 Å². The fraction of sp³-hybridized carbons (Fsp3) is 0.438. The summed E-state index contributed by atoms with van der Waals surface area (Å²) in [4.78, 5) is 37.7. The smallest absolute Gasteiger partial charge is 0.336 e. The Morgan fingerprint density at radius 2 is 1.49 bits per heavy atom. The second kappa shape index (κ2) is 13.4. The number of nitrogens with zero attached hydrogens (tertiary/aromatic N) is 1. The summed E-state index contributed by atoms with van der Waals surface area (Å²) in [5, 5.41) is 14.5. The van der Waals surface area contributed by atoms with Crippen molar-refractivity contribution in [2.24, 2.45) is 0 Å². The van der Waals surface area contributed by atoms with Gasteiger partial charge in [-0.3, -0.25) is 14.9 Å². The molecule has 4 rings (SSSR count). The van der Waals surface area contributed by atoms with Crippen LogP contribution >= 0.6 is 0 Å². The Bertz CT molecular complexity index is 1280. The van der Waals surface area contributed by atoms with Crippen LogP contribution in [-0.2, 0) is 9.53 Å².